The SMILES string of the molecule is CCC(N)C(c1cccc(Cl)c1)N1CCC(C)(O)CC1. The number of halogens is 1. The van der Waals surface area contributed by atoms with E-state index >= 15 is 0 Å². The zero-order valence-electron chi connectivity index (χ0n) is 12.3. The van der Waals surface area contributed by atoms with E-state index < -0.39 is 5.60 Å². The van der Waals surface area contributed by atoms with E-state index in [4.69, 9.17) is 17.3 Å². The number of nitrogens with two attached hydrogens (primary N) is 1. The molecule has 0 aromatic heterocycles. The molecular formula is C16H25ClN2O. The number of piperidine rings is 1. The Balaban J connectivity index is 2.21. The Morgan fingerprint density at radius 3 is 2.60 bits per heavy atom. The van der Waals surface area contributed by atoms with Gasteiger partial charge in [0, 0.05) is 30.2 Å². The Bertz CT molecular complexity index is 440. The van der Waals surface area contributed by atoms with Gasteiger partial charge in [0.25, 0.3) is 0 Å². The Morgan fingerprint density at radius 2 is 2.05 bits per heavy atom. The van der Waals surface area contributed by atoms with Crippen molar-refractivity contribution in [2.75, 3.05) is 13.1 Å². The van der Waals surface area contributed by atoms with Gasteiger partial charge in [-0.25, -0.2) is 0 Å². The molecule has 1 heterocycles. The lowest BCUT2D eigenvalue weighted by atomic mass is 9.89. The first-order valence-corrected chi connectivity index (χ1v) is 7.78. The van der Waals surface area contributed by atoms with Crippen LogP contribution in [0.3, 0.4) is 0 Å². The van der Waals surface area contributed by atoms with Crippen molar-refractivity contribution >= 4 is 11.6 Å². The summed E-state index contributed by atoms with van der Waals surface area (Å²) in [5.74, 6) is 0. The van der Waals surface area contributed by atoms with Gasteiger partial charge < -0.3 is 10.8 Å². The van der Waals surface area contributed by atoms with Crippen LogP contribution >= 0.6 is 11.6 Å². The van der Waals surface area contributed by atoms with Crippen molar-refractivity contribution in [2.45, 2.75) is 50.8 Å². The normalized spacial score (nSPS) is 22.4. The van der Waals surface area contributed by atoms with Crippen molar-refractivity contribution in [2.24, 2.45) is 5.73 Å². The van der Waals surface area contributed by atoms with Crippen molar-refractivity contribution in [3.63, 3.8) is 0 Å². The van der Waals surface area contributed by atoms with Crippen molar-refractivity contribution in [1.29, 1.82) is 0 Å². The molecule has 1 fully saturated rings. The smallest absolute Gasteiger partial charge is 0.0644 e. The average molecular weight is 297 g/mol. The lowest BCUT2D eigenvalue weighted by molar-refractivity contribution is -0.0202. The standard InChI is InChI=1S/C16H25ClN2O/c1-3-14(18)15(12-5-4-6-13(17)11-12)19-9-7-16(2,20)8-10-19/h4-6,11,14-15,20H,3,7-10,18H2,1-2H3. The van der Waals surface area contributed by atoms with Gasteiger partial charge in [0.05, 0.1) is 5.60 Å². The second-order valence-corrected chi connectivity index (χ2v) is 6.54. The number of benzene rings is 1. The van der Waals surface area contributed by atoms with Crippen LogP contribution in [0.4, 0.5) is 0 Å². The minimum Gasteiger partial charge on any atom is -0.390 e. The number of likely N-dealkylation sites (tertiary alicyclic amines) is 1. The van der Waals surface area contributed by atoms with Crippen molar-refractivity contribution in [1.82, 2.24) is 4.90 Å². The molecule has 1 aliphatic rings. The van der Waals surface area contributed by atoms with Gasteiger partial charge in [-0.05, 0) is 43.9 Å². The topological polar surface area (TPSA) is 49.5 Å². The number of nitrogens with zero attached hydrogens (tertiary/aromatic N) is 1. The maximum Gasteiger partial charge on any atom is 0.0644 e. The second-order valence-electron chi connectivity index (χ2n) is 6.10. The lowest BCUT2D eigenvalue weighted by Crippen LogP contribution is -2.48. The van der Waals surface area contributed by atoms with Gasteiger partial charge in [-0.1, -0.05) is 30.7 Å². The molecular weight excluding hydrogens is 272 g/mol. The van der Waals surface area contributed by atoms with E-state index in [0.29, 0.717) is 0 Å². The molecule has 3 N–H and O–H groups in total. The summed E-state index contributed by atoms with van der Waals surface area (Å²) in [6.45, 7) is 5.77. The molecule has 2 rings (SSSR count). The Hall–Kier alpha value is -0.610. The summed E-state index contributed by atoms with van der Waals surface area (Å²) in [5, 5.41) is 10.9. The zero-order chi connectivity index (χ0) is 14.8. The van der Waals surface area contributed by atoms with Crippen LogP contribution in [0.2, 0.25) is 5.02 Å². The van der Waals surface area contributed by atoms with E-state index in [1.54, 1.807) is 0 Å². The first kappa shape index (κ1) is 15.8. The summed E-state index contributed by atoms with van der Waals surface area (Å²) in [6.07, 6.45) is 2.51. The molecule has 0 bridgehead atoms. The molecule has 4 heteroatoms. The van der Waals surface area contributed by atoms with Crippen molar-refractivity contribution < 1.29 is 5.11 Å². The van der Waals surface area contributed by atoms with Crippen LogP contribution in [0.15, 0.2) is 24.3 Å². The fraction of sp³-hybridized carbons (Fsp3) is 0.625. The molecule has 112 valence electrons. The van der Waals surface area contributed by atoms with E-state index in [1.807, 2.05) is 25.1 Å². The van der Waals surface area contributed by atoms with E-state index in [9.17, 15) is 5.11 Å². The van der Waals surface area contributed by atoms with Crippen LogP contribution < -0.4 is 5.73 Å². The van der Waals surface area contributed by atoms with Gasteiger partial charge in [0.15, 0.2) is 0 Å². The van der Waals surface area contributed by atoms with Crippen molar-refractivity contribution in [3.05, 3.63) is 34.9 Å². The van der Waals surface area contributed by atoms with Crippen LogP contribution in [0, 0.1) is 0 Å². The van der Waals surface area contributed by atoms with E-state index in [1.165, 1.54) is 5.56 Å². The summed E-state index contributed by atoms with van der Waals surface area (Å²) in [4.78, 5) is 2.39. The maximum absolute atomic E-state index is 10.1. The zero-order valence-corrected chi connectivity index (χ0v) is 13.1. The molecule has 2 atom stereocenters. The lowest BCUT2D eigenvalue weighted by Gasteiger charge is -2.42. The third kappa shape index (κ3) is 3.73. The van der Waals surface area contributed by atoms with Gasteiger partial charge in [-0.2, -0.15) is 0 Å². The van der Waals surface area contributed by atoms with Gasteiger partial charge in [-0.3, -0.25) is 4.90 Å². The maximum atomic E-state index is 10.1. The van der Waals surface area contributed by atoms with Gasteiger partial charge in [0.1, 0.15) is 0 Å². The molecule has 2 unspecified atom stereocenters. The molecule has 1 saturated heterocycles. The highest BCUT2D eigenvalue weighted by molar-refractivity contribution is 6.30. The summed E-state index contributed by atoms with van der Waals surface area (Å²) < 4.78 is 0. The minimum absolute atomic E-state index is 0.0801. The Labute approximate surface area is 126 Å². The fourth-order valence-corrected chi connectivity index (χ4v) is 3.13. The first-order valence-electron chi connectivity index (χ1n) is 7.40. The monoisotopic (exact) mass is 296 g/mol. The number of hydrogen-bond donors (Lipinski definition) is 2. The molecule has 0 aliphatic carbocycles. The quantitative estimate of drug-likeness (QED) is 0.898. The van der Waals surface area contributed by atoms with Gasteiger partial charge in [-0.15, -0.1) is 0 Å². The summed E-state index contributed by atoms with van der Waals surface area (Å²) in [5.41, 5.74) is 6.99. The van der Waals surface area contributed by atoms with Crippen molar-refractivity contribution in [3.8, 4) is 0 Å². The summed E-state index contributed by atoms with van der Waals surface area (Å²) in [7, 11) is 0. The highest BCUT2D eigenvalue weighted by Gasteiger charge is 2.33. The highest BCUT2D eigenvalue weighted by atomic mass is 35.5. The third-order valence-electron chi connectivity index (χ3n) is 4.34. The molecule has 20 heavy (non-hydrogen) atoms. The Morgan fingerprint density at radius 1 is 1.40 bits per heavy atom. The number of aliphatic hydroxyl groups is 1. The van der Waals surface area contributed by atoms with Crippen LogP contribution in [-0.4, -0.2) is 34.7 Å². The summed E-state index contributed by atoms with van der Waals surface area (Å²) in [6, 6.07) is 8.23. The molecule has 1 aliphatic heterocycles. The highest BCUT2D eigenvalue weighted by Crippen LogP contribution is 2.32. The summed E-state index contributed by atoms with van der Waals surface area (Å²) >= 11 is 6.12. The van der Waals surface area contributed by atoms with Gasteiger partial charge >= 0.3 is 0 Å². The van der Waals surface area contributed by atoms with Crippen LogP contribution in [0.1, 0.15) is 44.7 Å². The Kier molecular flexibility index (Phi) is 5.08. The van der Waals surface area contributed by atoms with E-state index in [-0.39, 0.29) is 12.1 Å². The van der Waals surface area contributed by atoms with Gasteiger partial charge in [0.2, 0.25) is 0 Å². The molecule has 0 saturated carbocycles. The van der Waals surface area contributed by atoms with Crippen LogP contribution in [0.25, 0.3) is 0 Å². The molecule has 0 spiro atoms. The number of hydrogen-bond acceptors (Lipinski definition) is 3. The third-order valence-corrected chi connectivity index (χ3v) is 4.57. The second kappa shape index (κ2) is 6.44. The fourth-order valence-electron chi connectivity index (χ4n) is 2.93. The molecule has 3 nitrogen and oxygen atoms in total. The number of rotatable bonds is 4. The minimum atomic E-state index is -0.536. The largest absolute Gasteiger partial charge is 0.390 e. The molecule has 1 aromatic carbocycles. The first-order chi connectivity index (χ1) is 9.43. The molecule has 0 amide bonds. The average Bonchev–Trinajstić information content (AvgIpc) is 2.41. The van der Waals surface area contributed by atoms with Crippen LogP contribution in [0.5, 0.6) is 0 Å². The van der Waals surface area contributed by atoms with E-state index in [0.717, 1.165) is 37.4 Å². The van der Waals surface area contributed by atoms with E-state index in [2.05, 4.69) is 17.9 Å². The predicted molar refractivity (Wildman–Crippen MR) is 83.9 cm³/mol. The predicted octanol–water partition coefficient (Wildman–Crippen LogP) is 2.97. The molecule has 1 aromatic rings. The molecule has 0 radical (unpaired) electrons. The van der Waals surface area contributed by atoms with Crippen LogP contribution in [-0.2, 0) is 0 Å².